The molecule has 1 aromatic heterocycles. The zero-order chi connectivity index (χ0) is 10.8. The minimum atomic E-state index is -2.45. The number of rotatable bonds is 3. The molecule has 0 saturated carbocycles. The minimum Gasteiger partial charge on any atom is -0.350 e. The third-order valence-corrected chi connectivity index (χ3v) is 1.87. The molecular weight excluding hydrogens is 207 g/mol. The van der Waals surface area contributed by atoms with Crippen LogP contribution in [0.3, 0.4) is 0 Å². The Morgan fingerprint density at radius 3 is 2.93 bits per heavy atom. The molecule has 0 bridgehead atoms. The summed E-state index contributed by atoms with van der Waals surface area (Å²) < 4.78 is 36.5. The van der Waals surface area contributed by atoms with Gasteiger partial charge in [0.15, 0.2) is 0 Å². The van der Waals surface area contributed by atoms with Crippen LogP contribution in [-0.4, -0.2) is 22.9 Å². The molecule has 0 radical (unpaired) electrons. The molecule has 3 nitrogen and oxygen atoms in total. The molecule has 0 aliphatic rings. The molecule has 1 heterocycles. The first kappa shape index (κ1) is 9.82. The number of aromatic amines is 1. The largest absolute Gasteiger partial charge is 0.350 e. The van der Waals surface area contributed by atoms with Gasteiger partial charge in [-0.3, -0.25) is 0 Å². The van der Waals surface area contributed by atoms with Crippen molar-refractivity contribution >= 4 is 17.0 Å². The molecule has 0 saturated heterocycles. The van der Waals surface area contributed by atoms with Gasteiger partial charge in [-0.05, 0) is 18.2 Å². The van der Waals surface area contributed by atoms with E-state index in [1.165, 1.54) is 18.2 Å². The number of H-pyrrole nitrogens is 1. The number of fused-ring (bicyclic) bond motifs is 1. The lowest BCUT2D eigenvalue weighted by atomic mass is 10.3. The number of alkyl halides is 2. The van der Waals surface area contributed by atoms with Gasteiger partial charge in [0, 0.05) is 0 Å². The van der Waals surface area contributed by atoms with Crippen molar-refractivity contribution in [3.8, 4) is 0 Å². The average Bonchev–Trinajstić information content (AvgIpc) is 2.56. The molecule has 2 N–H and O–H groups in total. The fourth-order valence-corrected chi connectivity index (χ4v) is 1.24. The van der Waals surface area contributed by atoms with E-state index in [2.05, 4.69) is 15.3 Å². The molecule has 0 amide bonds. The Kier molecular flexibility index (Phi) is 2.49. The lowest BCUT2D eigenvalue weighted by Crippen LogP contribution is -2.10. The Morgan fingerprint density at radius 1 is 1.40 bits per heavy atom. The van der Waals surface area contributed by atoms with Crippen LogP contribution in [0.1, 0.15) is 0 Å². The molecule has 0 aliphatic heterocycles. The topological polar surface area (TPSA) is 40.7 Å². The highest BCUT2D eigenvalue weighted by atomic mass is 19.3. The van der Waals surface area contributed by atoms with Crippen LogP contribution in [0.2, 0.25) is 0 Å². The summed E-state index contributed by atoms with van der Waals surface area (Å²) in [6, 6.07) is 4.00. The van der Waals surface area contributed by atoms with E-state index in [9.17, 15) is 13.2 Å². The van der Waals surface area contributed by atoms with Crippen LogP contribution < -0.4 is 5.32 Å². The van der Waals surface area contributed by atoms with E-state index in [1.54, 1.807) is 0 Å². The molecule has 0 unspecified atom stereocenters. The maximum atomic E-state index is 12.8. The molecule has 1 aromatic carbocycles. The summed E-state index contributed by atoms with van der Waals surface area (Å²) in [6.07, 6.45) is -2.45. The zero-order valence-corrected chi connectivity index (χ0v) is 7.60. The summed E-state index contributed by atoms with van der Waals surface area (Å²) in [5.41, 5.74) is 1.01. The maximum absolute atomic E-state index is 12.8. The Balaban J connectivity index is 2.23. The summed E-state index contributed by atoms with van der Waals surface area (Å²) in [5.74, 6) is -0.178. The number of benzene rings is 1. The van der Waals surface area contributed by atoms with Crippen LogP contribution in [-0.2, 0) is 0 Å². The Morgan fingerprint density at radius 2 is 2.20 bits per heavy atom. The van der Waals surface area contributed by atoms with Crippen molar-refractivity contribution in [2.45, 2.75) is 6.43 Å². The Bertz CT molecular complexity index is 467. The van der Waals surface area contributed by atoms with Crippen molar-refractivity contribution in [3.05, 3.63) is 24.0 Å². The monoisotopic (exact) mass is 215 g/mol. The van der Waals surface area contributed by atoms with Crippen LogP contribution in [0.4, 0.5) is 19.1 Å². The number of hydrogen-bond donors (Lipinski definition) is 2. The summed E-state index contributed by atoms with van der Waals surface area (Å²) in [6.45, 7) is -0.484. The van der Waals surface area contributed by atoms with E-state index in [1.807, 2.05) is 0 Å². The van der Waals surface area contributed by atoms with Gasteiger partial charge in [-0.2, -0.15) is 0 Å². The fraction of sp³-hybridized carbons (Fsp3) is 0.222. The molecule has 0 aliphatic carbocycles. The van der Waals surface area contributed by atoms with Crippen molar-refractivity contribution in [2.75, 3.05) is 11.9 Å². The highest BCUT2D eigenvalue weighted by Gasteiger charge is 2.06. The third-order valence-electron chi connectivity index (χ3n) is 1.87. The smallest absolute Gasteiger partial charge is 0.255 e. The second-order valence-electron chi connectivity index (χ2n) is 3.02. The molecule has 2 aromatic rings. The summed E-state index contributed by atoms with van der Waals surface area (Å²) >= 11 is 0. The summed E-state index contributed by atoms with van der Waals surface area (Å²) in [7, 11) is 0. The van der Waals surface area contributed by atoms with Crippen molar-refractivity contribution in [1.29, 1.82) is 0 Å². The van der Waals surface area contributed by atoms with Gasteiger partial charge in [-0.1, -0.05) is 0 Å². The predicted octanol–water partition coefficient (Wildman–Crippen LogP) is 2.38. The van der Waals surface area contributed by atoms with Crippen LogP contribution in [0.15, 0.2) is 18.2 Å². The standard InChI is InChI=1S/C9H8F3N3/c10-5-1-2-6-7(3-5)15-9(14-6)13-4-8(11)12/h1-3,8H,4H2,(H2,13,14,15). The molecule has 15 heavy (non-hydrogen) atoms. The van der Waals surface area contributed by atoms with E-state index in [0.29, 0.717) is 11.0 Å². The van der Waals surface area contributed by atoms with Crippen molar-refractivity contribution < 1.29 is 13.2 Å². The number of aromatic nitrogens is 2. The molecule has 0 spiro atoms. The van der Waals surface area contributed by atoms with Gasteiger partial charge >= 0.3 is 0 Å². The first-order valence-corrected chi connectivity index (χ1v) is 4.32. The molecule has 0 fully saturated rings. The lowest BCUT2D eigenvalue weighted by molar-refractivity contribution is 0.163. The highest BCUT2D eigenvalue weighted by molar-refractivity contribution is 5.77. The normalized spacial score (nSPS) is 11.2. The quantitative estimate of drug-likeness (QED) is 0.825. The van der Waals surface area contributed by atoms with Crippen molar-refractivity contribution in [3.63, 3.8) is 0 Å². The van der Waals surface area contributed by atoms with Gasteiger partial charge in [0.2, 0.25) is 5.95 Å². The molecule has 6 heteroatoms. The van der Waals surface area contributed by atoms with Crippen molar-refractivity contribution in [1.82, 2.24) is 9.97 Å². The minimum absolute atomic E-state index is 0.218. The number of nitrogens with zero attached hydrogens (tertiary/aromatic N) is 1. The first-order chi connectivity index (χ1) is 7.15. The number of nitrogens with one attached hydrogen (secondary N) is 2. The Hall–Kier alpha value is -1.72. The van der Waals surface area contributed by atoms with Gasteiger partial charge in [0.25, 0.3) is 6.43 Å². The number of anilines is 1. The second kappa shape index (κ2) is 3.80. The molecule has 0 atom stereocenters. The van der Waals surface area contributed by atoms with E-state index in [4.69, 9.17) is 0 Å². The maximum Gasteiger partial charge on any atom is 0.255 e. The lowest BCUT2D eigenvalue weighted by Gasteiger charge is -1.99. The summed E-state index contributed by atoms with van der Waals surface area (Å²) in [5, 5.41) is 2.41. The van der Waals surface area contributed by atoms with E-state index < -0.39 is 18.8 Å². The highest BCUT2D eigenvalue weighted by Crippen LogP contribution is 2.15. The fourth-order valence-electron chi connectivity index (χ4n) is 1.24. The Labute approximate surface area is 83.3 Å². The zero-order valence-electron chi connectivity index (χ0n) is 7.60. The second-order valence-corrected chi connectivity index (χ2v) is 3.02. The average molecular weight is 215 g/mol. The van der Waals surface area contributed by atoms with Crippen LogP contribution in [0, 0.1) is 5.82 Å². The SMILES string of the molecule is Fc1ccc2nc(NCC(F)F)[nH]c2c1. The number of imidazole rings is 1. The number of halogens is 3. The van der Waals surface area contributed by atoms with E-state index in [0.717, 1.165) is 0 Å². The van der Waals surface area contributed by atoms with Crippen LogP contribution in [0.5, 0.6) is 0 Å². The van der Waals surface area contributed by atoms with Crippen LogP contribution in [0.25, 0.3) is 11.0 Å². The molecular formula is C9H8F3N3. The molecule has 2 rings (SSSR count). The van der Waals surface area contributed by atoms with E-state index in [-0.39, 0.29) is 5.95 Å². The predicted molar refractivity (Wildman–Crippen MR) is 50.5 cm³/mol. The van der Waals surface area contributed by atoms with Gasteiger partial charge in [0.05, 0.1) is 17.6 Å². The van der Waals surface area contributed by atoms with Gasteiger partial charge in [-0.15, -0.1) is 0 Å². The van der Waals surface area contributed by atoms with Gasteiger partial charge in [0.1, 0.15) is 5.82 Å². The van der Waals surface area contributed by atoms with Crippen molar-refractivity contribution in [2.24, 2.45) is 0 Å². The number of hydrogen-bond acceptors (Lipinski definition) is 2. The third kappa shape index (κ3) is 2.20. The first-order valence-electron chi connectivity index (χ1n) is 4.32. The van der Waals surface area contributed by atoms with Gasteiger partial charge in [-0.25, -0.2) is 18.2 Å². The van der Waals surface area contributed by atoms with E-state index >= 15 is 0 Å². The molecule has 80 valence electrons. The van der Waals surface area contributed by atoms with Gasteiger partial charge < -0.3 is 10.3 Å². The van der Waals surface area contributed by atoms with Crippen LogP contribution >= 0.6 is 0 Å². The summed E-state index contributed by atoms with van der Waals surface area (Å²) in [4.78, 5) is 6.66.